The molecule has 1 atom stereocenters. The highest BCUT2D eigenvalue weighted by Crippen LogP contribution is 2.38. The van der Waals surface area contributed by atoms with Crippen molar-refractivity contribution in [3.05, 3.63) is 35.6 Å². The number of carbonyl (C=O) groups excluding carboxylic acids is 3. The van der Waals surface area contributed by atoms with Crippen LogP contribution >= 0.6 is 0 Å². The lowest BCUT2D eigenvalue weighted by Gasteiger charge is -2.38. The van der Waals surface area contributed by atoms with Crippen molar-refractivity contribution in [3.8, 4) is 0 Å². The zero-order chi connectivity index (χ0) is 22.9. The first kappa shape index (κ1) is 23.1. The van der Waals surface area contributed by atoms with Crippen molar-refractivity contribution in [3.63, 3.8) is 0 Å². The Morgan fingerprint density at radius 3 is 1.90 bits per heavy atom. The molecule has 1 aromatic carbocycles. The summed E-state index contributed by atoms with van der Waals surface area (Å²) in [6.07, 6.45) is -1.05. The van der Waals surface area contributed by atoms with E-state index in [1.54, 1.807) is 41.5 Å². The maximum absolute atomic E-state index is 13.5. The Labute approximate surface area is 174 Å². The zero-order valence-electron chi connectivity index (χ0n) is 18.1. The van der Waals surface area contributed by atoms with Gasteiger partial charge in [0.2, 0.25) is 0 Å². The number of hydrogen-bond acceptors (Lipinski definition) is 7. The first-order valence-electron chi connectivity index (χ1n) is 9.16. The first-order valence-corrected chi connectivity index (χ1v) is 9.16. The number of halogens is 1. The van der Waals surface area contributed by atoms with Gasteiger partial charge in [-0.1, -0.05) is 12.1 Å². The number of methoxy groups -OCH3 is 1. The van der Waals surface area contributed by atoms with Gasteiger partial charge in [-0.25, -0.2) is 23.8 Å². The Kier molecular flexibility index (Phi) is 6.10. The summed E-state index contributed by atoms with van der Waals surface area (Å²) in [4.78, 5) is 42.9. The van der Waals surface area contributed by atoms with E-state index >= 15 is 0 Å². The zero-order valence-corrected chi connectivity index (χ0v) is 18.1. The molecule has 30 heavy (non-hydrogen) atoms. The summed E-state index contributed by atoms with van der Waals surface area (Å²) in [5, 5.41) is 1.44. The van der Waals surface area contributed by atoms with Crippen LogP contribution in [0.2, 0.25) is 0 Å². The maximum Gasteiger partial charge on any atom is 0.435 e. The summed E-state index contributed by atoms with van der Waals surface area (Å²) in [5.41, 5.74) is -3.91. The Hall–Kier alpha value is -3.17. The fourth-order valence-electron chi connectivity index (χ4n) is 2.64. The SMILES string of the molecule is COC(=O)[C@@]1(c2ccc(F)cc2)N=CN(C(=O)OC(C)(C)C)N1C(=O)OC(C)(C)C. The van der Waals surface area contributed by atoms with Crippen LogP contribution < -0.4 is 0 Å². The minimum atomic E-state index is -2.15. The van der Waals surface area contributed by atoms with E-state index in [0.29, 0.717) is 5.01 Å². The molecular weight excluding hydrogens is 397 g/mol. The third kappa shape index (κ3) is 4.69. The fourth-order valence-corrected chi connectivity index (χ4v) is 2.64. The minimum absolute atomic E-state index is 0.0870. The molecule has 1 aromatic rings. The molecule has 0 unspecified atom stereocenters. The van der Waals surface area contributed by atoms with Gasteiger partial charge in [0.1, 0.15) is 23.4 Å². The van der Waals surface area contributed by atoms with Crippen molar-refractivity contribution in [1.82, 2.24) is 10.0 Å². The monoisotopic (exact) mass is 423 g/mol. The number of nitrogens with zero attached hydrogens (tertiary/aromatic N) is 3. The van der Waals surface area contributed by atoms with E-state index in [9.17, 15) is 18.8 Å². The van der Waals surface area contributed by atoms with E-state index in [-0.39, 0.29) is 5.56 Å². The van der Waals surface area contributed by atoms with Gasteiger partial charge in [0.15, 0.2) is 0 Å². The summed E-state index contributed by atoms with van der Waals surface area (Å²) < 4.78 is 29.1. The molecule has 0 radical (unpaired) electrons. The second-order valence-electron chi connectivity index (χ2n) is 8.53. The van der Waals surface area contributed by atoms with Crippen LogP contribution in [0.25, 0.3) is 0 Å². The predicted molar refractivity (Wildman–Crippen MR) is 105 cm³/mol. The lowest BCUT2D eigenvalue weighted by molar-refractivity contribution is -0.160. The van der Waals surface area contributed by atoms with Crippen LogP contribution in [-0.2, 0) is 24.7 Å². The van der Waals surface area contributed by atoms with Crippen LogP contribution in [0.1, 0.15) is 47.1 Å². The summed E-state index contributed by atoms with van der Waals surface area (Å²) in [7, 11) is 1.10. The van der Waals surface area contributed by atoms with E-state index in [4.69, 9.17) is 14.2 Å². The van der Waals surface area contributed by atoms with Crippen LogP contribution in [-0.4, -0.2) is 52.8 Å². The molecule has 0 spiro atoms. The summed E-state index contributed by atoms with van der Waals surface area (Å²) >= 11 is 0. The predicted octanol–water partition coefficient (Wildman–Crippen LogP) is 3.58. The topological polar surface area (TPSA) is 97.7 Å². The standard InChI is InChI=1S/C20H26FN3O6/c1-18(2,3)29-16(26)23-12-22-20(15(25)28-7,13-8-10-14(21)11-9-13)24(23)17(27)30-19(4,5)6/h8-12H,1-7H3/t20-/m0/s1. The van der Waals surface area contributed by atoms with Crippen molar-refractivity contribution < 1.29 is 33.0 Å². The number of aliphatic imine (C=N–C) groups is 1. The molecule has 1 heterocycles. The summed E-state index contributed by atoms with van der Waals surface area (Å²) in [6, 6.07) is 4.72. The van der Waals surface area contributed by atoms with Gasteiger partial charge in [0, 0.05) is 5.56 Å². The van der Waals surface area contributed by atoms with Gasteiger partial charge in [-0.05, 0) is 53.7 Å². The van der Waals surface area contributed by atoms with Crippen molar-refractivity contribution in [2.45, 2.75) is 58.4 Å². The van der Waals surface area contributed by atoms with Gasteiger partial charge < -0.3 is 14.2 Å². The molecule has 1 aliphatic heterocycles. The number of esters is 1. The highest BCUT2D eigenvalue weighted by molar-refractivity contribution is 5.95. The molecule has 2 amide bonds. The van der Waals surface area contributed by atoms with Gasteiger partial charge in [-0.2, -0.15) is 10.0 Å². The molecule has 9 nitrogen and oxygen atoms in total. The average molecular weight is 423 g/mol. The van der Waals surface area contributed by atoms with Crippen molar-refractivity contribution in [1.29, 1.82) is 0 Å². The number of ether oxygens (including phenoxy) is 3. The largest absolute Gasteiger partial charge is 0.465 e. The van der Waals surface area contributed by atoms with Crippen molar-refractivity contribution in [2.24, 2.45) is 4.99 Å². The normalized spacial score (nSPS) is 18.9. The highest BCUT2D eigenvalue weighted by Gasteiger charge is 2.58. The molecule has 10 heteroatoms. The van der Waals surface area contributed by atoms with Gasteiger partial charge in [-0.3, -0.25) is 0 Å². The third-order valence-electron chi connectivity index (χ3n) is 3.74. The molecule has 1 aliphatic rings. The maximum atomic E-state index is 13.5. The highest BCUT2D eigenvalue weighted by atomic mass is 19.1. The number of carbonyl (C=O) groups is 3. The Morgan fingerprint density at radius 2 is 1.43 bits per heavy atom. The first-order chi connectivity index (χ1) is 13.7. The van der Waals surface area contributed by atoms with E-state index in [2.05, 4.69) is 4.99 Å². The third-order valence-corrected chi connectivity index (χ3v) is 3.74. The second-order valence-corrected chi connectivity index (χ2v) is 8.53. The number of benzene rings is 1. The Morgan fingerprint density at radius 1 is 0.933 bits per heavy atom. The molecule has 0 bridgehead atoms. The van der Waals surface area contributed by atoms with Crippen molar-refractivity contribution >= 4 is 24.5 Å². The second kappa shape index (κ2) is 7.92. The van der Waals surface area contributed by atoms with E-state index < -0.39 is 40.8 Å². The molecule has 164 valence electrons. The summed E-state index contributed by atoms with van der Waals surface area (Å²) in [6.45, 7) is 9.79. The molecular formula is C20H26FN3O6. The molecule has 0 aromatic heterocycles. The average Bonchev–Trinajstić information content (AvgIpc) is 3.00. The number of amides is 2. The summed E-state index contributed by atoms with van der Waals surface area (Å²) in [5.74, 6) is -1.55. The van der Waals surface area contributed by atoms with Gasteiger partial charge in [0.05, 0.1) is 7.11 Å². The van der Waals surface area contributed by atoms with Crippen LogP contribution in [0.15, 0.2) is 29.3 Å². The quantitative estimate of drug-likeness (QED) is 0.533. The lowest BCUT2D eigenvalue weighted by Crippen LogP contribution is -2.59. The van der Waals surface area contributed by atoms with Gasteiger partial charge >= 0.3 is 18.2 Å². The molecule has 0 aliphatic carbocycles. The van der Waals surface area contributed by atoms with Crippen LogP contribution in [0.5, 0.6) is 0 Å². The van der Waals surface area contributed by atoms with E-state index in [1.165, 1.54) is 12.1 Å². The molecule has 0 N–H and O–H groups in total. The molecule has 0 saturated heterocycles. The number of rotatable bonds is 2. The fraction of sp³-hybridized carbons (Fsp3) is 0.500. The minimum Gasteiger partial charge on any atom is -0.465 e. The van der Waals surface area contributed by atoms with Crippen LogP contribution in [0, 0.1) is 5.82 Å². The van der Waals surface area contributed by atoms with E-state index in [0.717, 1.165) is 30.6 Å². The Balaban J connectivity index is 2.64. The van der Waals surface area contributed by atoms with Gasteiger partial charge in [-0.15, -0.1) is 0 Å². The Bertz CT molecular complexity index is 857. The molecule has 2 rings (SSSR count). The van der Waals surface area contributed by atoms with Gasteiger partial charge in [0.25, 0.3) is 5.66 Å². The molecule has 0 fully saturated rings. The number of hydrogen-bond donors (Lipinski definition) is 0. The number of hydrazine groups is 1. The lowest BCUT2D eigenvalue weighted by atomic mass is 9.99. The van der Waals surface area contributed by atoms with Crippen LogP contribution in [0.4, 0.5) is 14.0 Å². The smallest absolute Gasteiger partial charge is 0.435 e. The van der Waals surface area contributed by atoms with E-state index in [1.807, 2.05) is 0 Å². The van der Waals surface area contributed by atoms with Crippen molar-refractivity contribution in [2.75, 3.05) is 7.11 Å². The molecule has 0 saturated carbocycles. The van der Waals surface area contributed by atoms with Crippen LogP contribution in [0.3, 0.4) is 0 Å².